The van der Waals surface area contributed by atoms with Crippen LogP contribution in [-0.4, -0.2) is 34.9 Å². The number of ether oxygens (including phenoxy) is 3. The number of aromatic nitrogens is 3. The summed E-state index contributed by atoms with van der Waals surface area (Å²) < 4.78 is 18.1. The maximum absolute atomic E-state index is 12.8. The molecule has 0 unspecified atom stereocenters. The van der Waals surface area contributed by atoms with Gasteiger partial charge in [-0.05, 0) is 55.3 Å². The van der Waals surface area contributed by atoms with Gasteiger partial charge in [0, 0.05) is 22.9 Å². The van der Waals surface area contributed by atoms with E-state index in [-0.39, 0.29) is 5.56 Å². The molecule has 0 spiro atoms. The quantitative estimate of drug-likeness (QED) is 0.564. The van der Waals surface area contributed by atoms with E-state index in [9.17, 15) is 4.79 Å². The number of H-pyrrole nitrogens is 1. The Morgan fingerprint density at radius 2 is 1.77 bits per heavy atom. The molecular weight excluding hydrogens is 382 g/mol. The van der Waals surface area contributed by atoms with Crippen LogP contribution in [0.15, 0.2) is 47.3 Å². The fourth-order valence-electron chi connectivity index (χ4n) is 3.88. The summed E-state index contributed by atoms with van der Waals surface area (Å²) in [6.07, 6.45) is 0. The molecule has 152 valence electrons. The predicted octanol–water partition coefficient (Wildman–Crippen LogP) is 3.75. The van der Waals surface area contributed by atoms with Crippen LogP contribution in [0.5, 0.6) is 17.2 Å². The van der Waals surface area contributed by atoms with Crippen LogP contribution in [0.2, 0.25) is 0 Å². The number of rotatable bonds is 3. The molecule has 1 N–H and O–H groups in total. The first-order valence-corrected chi connectivity index (χ1v) is 9.72. The molecule has 0 atom stereocenters. The molecule has 4 aromatic rings. The van der Waals surface area contributed by atoms with Crippen LogP contribution in [-0.2, 0) is 0 Å². The Morgan fingerprint density at radius 1 is 1.00 bits per heavy atom. The highest BCUT2D eigenvalue weighted by Gasteiger charge is 2.18. The Bertz CT molecular complexity index is 1340. The Hall–Kier alpha value is -3.74. The van der Waals surface area contributed by atoms with E-state index in [2.05, 4.69) is 5.10 Å². The molecule has 0 amide bonds. The van der Waals surface area contributed by atoms with Crippen LogP contribution in [0.4, 0.5) is 0 Å². The van der Waals surface area contributed by atoms with Gasteiger partial charge >= 0.3 is 0 Å². The second-order valence-electron chi connectivity index (χ2n) is 7.29. The van der Waals surface area contributed by atoms with Gasteiger partial charge in [-0.1, -0.05) is 6.07 Å². The Labute approximate surface area is 172 Å². The molecule has 2 aromatic heterocycles. The standard InChI is InChI=1S/C23H21N3O4/c1-13-10-16(5-6-18(13)28-3)22-14(2)25-26-21(27)12-17(24-23(22)26)15-4-7-19-20(11-15)30-9-8-29-19/h4-7,10-12,25H,8-9H2,1-3H3. The summed E-state index contributed by atoms with van der Waals surface area (Å²) in [4.78, 5) is 17.7. The van der Waals surface area contributed by atoms with Gasteiger partial charge in [-0.15, -0.1) is 0 Å². The molecule has 0 saturated heterocycles. The van der Waals surface area contributed by atoms with Crippen LogP contribution in [0.3, 0.4) is 0 Å². The number of aryl methyl sites for hydroxylation is 2. The van der Waals surface area contributed by atoms with Gasteiger partial charge in [0.15, 0.2) is 17.1 Å². The molecule has 7 heteroatoms. The highest BCUT2D eigenvalue weighted by Crippen LogP contribution is 2.35. The second-order valence-corrected chi connectivity index (χ2v) is 7.29. The van der Waals surface area contributed by atoms with Gasteiger partial charge in [0.25, 0.3) is 5.56 Å². The average molecular weight is 403 g/mol. The molecule has 30 heavy (non-hydrogen) atoms. The normalized spacial score (nSPS) is 12.9. The minimum Gasteiger partial charge on any atom is -0.496 e. The molecule has 5 rings (SSSR count). The van der Waals surface area contributed by atoms with Crippen molar-refractivity contribution in [1.29, 1.82) is 0 Å². The van der Waals surface area contributed by atoms with E-state index < -0.39 is 0 Å². The van der Waals surface area contributed by atoms with Crippen molar-refractivity contribution >= 4 is 5.65 Å². The summed E-state index contributed by atoms with van der Waals surface area (Å²) >= 11 is 0. The summed E-state index contributed by atoms with van der Waals surface area (Å²) in [5.41, 5.74) is 5.52. The SMILES string of the molecule is COc1ccc(-c2c(C)[nH]n3c(=O)cc(-c4ccc5c(c4)OCCO5)nc23)cc1C. The van der Waals surface area contributed by atoms with E-state index in [0.29, 0.717) is 36.1 Å². The van der Waals surface area contributed by atoms with E-state index in [1.165, 1.54) is 10.6 Å². The number of hydrogen-bond acceptors (Lipinski definition) is 5. The number of nitrogens with zero attached hydrogens (tertiary/aromatic N) is 2. The molecule has 2 aromatic carbocycles. The minimum atomic E-state index is -0.176. The van der Waals surface area contributed by atoms with Crippen LogP contribution < -0.4 is 19.8 Å². The number of aromatic amines is 1. The largest absolute Gasteiger partial charge is 0.496 e. The number of benzene rings is 2. The molecule has 0 radical (unpaired) electrons. The summed E-state index contributed by atoms with van der Waals surface area (Å²) in [7, 11) is 1.65. The zero-order chi connectivity index (χ0) is 20.8. The summed E-state index contributed by atoms with van der Waals surface area (Å²) in [6.45, 7) is 4.97. The average Bonchev–Trinajstić information content (AvgIpc) is 3.09. The van der Waals surface area contributed by atoms with Crippen molar-refractivity contribution in [2.75, 3.05) is 20.3 Å². The number of fused-ring (bicyclic) bond motifs is 2. The topological polar surface area (TPSA) is 77.9 Å². The molecule has 1 aliphatic rings. The molecule has 7 nitrogen and oxygen atoms in total. The van der Waals surface area contributed by atoms with E-state index >= 15 is 0 Å². The fraction of sp³-hybridized carbons (Fsp3) is 0.217. The highest BCUT2D eigenvalue weighted by molar-refractivity contribution is 5.82. The van der Waals surface area contributed by atoms with Crippen molar-refractivity contribution in [2.45, 2.75) is 13.8 Å². The highest BCUT2D eigenvalue weighted by atomic mass is 16.6. The summed E-state index contributed by atoms with van der Waals surface area (Å²) in [5.74, 6) is 2.19. The molecule has 0 fully saturated rings. The lowest BCUT2D eigenvalue weighted by Crippen LogP contribution is -2.16. The Morgan fingerprint density at radius 3 is 2.53 bits per heavy atom. The zero-order valence-corrected chi connectivity index (χ0v) is 17.0. The number of methoxy groups -OCH3 is 1. The zero-order valence-electron chi connectivity index (χ0n) is 17.0. The summed E-state index contributed by atoms with van der Waals surface area (Å²) in [6, 6.07) is 13.1. The third-order valence-corrected chi connectivity index (χ3v) is 5.32. The van der Waals surface area contributed by atoms with Crippen LogP contribution >= 0.6 is 0 Å². The smallest absolute Gasteiger partial charge is 0.273 e. The second kappa shape index (κ2) is 6.95. The van der Waals surface area contributed by atoms with Gasteiger partial charge in [0.05, 0.1) is 12.8 Å². The van der Waals surface area contributed by atoms with Crippen LogP contribution in [0, 0.1) is 13.8 Å². The van der Waals surface area contributed by atoms with Crippen molar-refractivity contribution in [1.82, 2.24) is 14.6 Å². The Balaban J connectivity index is 1.69. The maximum Gasteiger partial charge on any atom is 0.273 e. The third kappa shape index (κ3) is 2.90. The van der Waals surface area contributed by atoms with Crippen molar-refractivity contribution in [3.63, 3.8) is 0 Å². The lowest BCUT2D eigenvalue weighted by molar-refractivity contribution is 0.171. The van der Waals surface area contributed by atoms with Crippen molar-refractivity contribution in [2.24, 2.45) is 0 Å². The molecular formula is C23H21N3O4. The predicted molar refractivity (Wildman–Crippen MR) is 114 cm³/mol. The third-order valence-electron chi connectivity index (χ3n) is 5.32. The van der Waals surface area contributed by atoms with Gasteiger partial charge in [-0.2, -0.15) is 0 Å². The fourth-order valence-corrected chi connectivity index (χ4v) is 3.88. The molecule has 1 aliphatic heterocycles. The van der Waals surface area contributed by atoms with Crippen molar-refractivity contribution in [3.8, 4) is 39.6 Å². The van der Waals surface area contributed by atoms with Gasteiger partial charge < -0.3 is 14.2 Å². The van der Waals surface area contributed by atoms with E-state index in [4.69, 9.17) is 19.2 Å². The maximum atomic E-state index is 12.8. The van der Waals surface area contributed by atoms with Gasteiger partial charge in [0.2, 0.25) is 0 Å². The summed E-state index contributed by atoms with van der Waals surface area (Å²) in [5, 5.41) is 3.14. The van der Waals surface area contributed by atoms with Gasteiger partial charge in [-0.3, -0.25) is 9.89 Å². The number of nitrogens with one attached hydrogen (secondary N) is 1. The minimum absolute atomic E-state index is 0.176. The van der Waals surface area contributed by atoms with E-state index in [1.807, 2.05) is 50.2 Å². The van der Waals surface area contributed by atoms with E-state index in [0.717, 1.165) is 33.7 Å². The molecule has 0 aliphatic carbocycles. The van der Waals surface area contributed by atoms with Gasteiger partial charge in [-0.25, -0.2) is 9.50 Å². The first kappa shape index (κ1) is 18.3. The van der Waals surface area contributed by atoms with Crippen LogP contribution in [0.1, 0.15) is 11.3 Å². The van der Waals surface area contributed by atoms with Crippen molar-refractivity contribution < 1.29 is 14.2 Å². The first-order chi connectivity index (χ1) is 14.5. The van der Waals surface area contributed by atoms with Gasteiger partial charge in [0.1, 0.15) is 19.0 Å². The lowest BCUT2D eigenvalue weighted by Gasteiger charge is -2.18. The number of hydrogen-bond donors (Lipinski definition) is 1. The Kier molecular flexibility index (Phi) is 4.24. The first-order valence-electron chi connectivity index (χ1n) is 9.72. The van der Waals surface area contributed by atoms with Crippen molar-refractivity contribution in [3.05, 3.63) is 64.1 Å². The van der Waals surface area contributed by atoms with E-state index in [1.54, 1.807) is 7.11 Å². The molecule has 0 bridgehead atoms. The molecule has 0 saturated carbocycles. The molecule has 3 heterocycles. The monoisotopic (exact) mass is 403 g/mol. The lowest BCUT2D eigenvalue weighted by atomic mass is 10.0. The van der Waals surface area contributed by atoms with Crippen LogP contribution in [0.25, 0.3) is 28.0 Å².